The predicted octanol–water partition coefficient (Wildman–Crippen LogP) is -2.54. The van der Waals surface area contributed by atoms with E-state index in [1.807, 2.05) is 0 Å². The zero-order valence-electron chi connectivity index (χ0n) is 11.9. The fourth-order valence-electron chi connectivity index (χ4n) is 2.34. The summed E-state index contributed by atoms with van der Waals surface area (Å²) < 4.78 is 12.5. The Morgan fingerprint density at radius 1 is 1.19 bits per heavy atom. The van der Waals surface area contributed by atoms with Gasteiger partial charge in [-0.15, -0.1) is 0 Å². The Hall–Kier alpha value is -1.45. The molecule has 0 amide bonds. The van der Waals surface area contributed by atoms with Gasteiger partial charge in [-0.1, -0.05) is 0 Å². The predicted molar refractivity (Wildman–Crippen MR) is 65.8 cm³/mol. The highest BCUT2D eigenvalue weighted by atomic mass is 16.6. The molecular formula is C13H16O8. The summed E-state index contributed by atoms with van der Waals surface area (Å²) in [7, 11) is 0. The van der Waals surface area contributed by atoms with Gasteiger partial charge in [-0.2, -0.15) is 0 Å². The number of Topliss-reactive ketones (excluding diaryl/α,β-unsaturated/α-hetero) is 2. The summed E-state index contributed by atoms with van der Waals surface area (Å²) >= 11 is 0. The van der Waals surface area contributed by atoms with Crippen LogP contribution in [0.3, 0.4) is 0 Å². The summed E-state index contributed by atoms with van der Waals surface area (Å²) in [5.74, 6) is -3.80. The summed E-state index contributed by atoms with van der Waals surface area (Å²) in [5, 5.41) is 38.7. The van der Waals surface area contributed by atoms with Gasteiger partial charge in [0.05, 0.1) is 20.5 Å². The maximum Gasteiger partial charge on any atom is 0.222 e. The third kappa shape index (κ3) is 3.09. The molecule has 1 aliphatic carbocycles. The Morgan fingerprint density at radius 3 is 2.48 bits per heavy atom. The number of hydrogen-bond acceptors (Lipinski definition) is 8. The van der Waals surface area contributed by atoms with Crippen molar-refractivity contribution >= 4 is 17.3 Å². The van der Waals surface area contributed by atoms with Crippen LogP contribution >= 0.6 is 0 Å². The maximum atomic E-state index is 11.7. The minimum Gasteiger partial charge on any atom is -0.394 e. The SMILES string of the molecule is [2H]C1(O)O[C@H](CO)[C@H](O)[C@H](O)[C@H]1CC1=CC(=O)C(=O)CC1=O. The summed E-state index contributed by atoms with van der Waals surface area (Å²) in [5.41, 5.74) is -0.127. The van der Waals surface area contributed by atoms with Gasteiger partial charge in [-0.05, 0) is 12.5 Å². The normalized spacial score (nSPS) is 41.8. The number of ketones is 3. The second-order valence-corrected chi connectivity index (χ2v) is 5.03. The molecule has 0 aromatic heterocycles. The van der Waals surface area contributed by atoms with E-state index in [9.17, 15) is 29.7 Å². The maximum absolute atomic E-state index is 11.7. The van der Waals surface area contributed by atoms with Crippen molar-refractivity contribution in [2.75, 3.05) is 6.61 Å². The number of aliphatic hydroxyl groups excluding tert-OH is 3. The van der Waals surface area contributed by atoms with Crippen LogP contribution in [-0.4, -0.2) is 69.0 Å². The fourth-order valence-corrected chi connectivity index (χ4v) is 2.34. The van der Waals surface area contributed by atoms with Crippen molar-refractivity contribution < 1.29 is 40.9 Å². The largest absolute Gasteiger partial charge is 0.394 e. The molecule has 1 fully saturated rings. The fraction of sp³-hybridized carbons (Fsp3) is 0.615. The number of carbonyl (C=O) groups is 3. The molecule has 1 saturated heterocycles. The molecule has 0 saturated carbocycles. The van der Waals surface area contributed by atoms with Crippen LogP contribution < -0.4 is 0 Å². The lowest BCUT2D eigenvalue weighted by Crippen LogP contribution is -2.55. The van der Waals surface area contributed by atoms with Gasteiger partial charge in [0.1, 0.15) is 12.2 Å². The monoisotopic (exact) mass is 301 g/mol. The Balaban J connectivity index is 2.24. The molecule has 8 heteroatoms. The van der Waals surface area contributed by atoms with E-state index in [4.69, 9.17) is 11.2 Å². The molecule has 5 atom stereocenters. The first-order valence-electron chi connectivity index (χ1n) is 6.85. The van der Waals surface area contributed by atoms with Crippen LogP contribution in [0.25, 0.3) is 0 Å². The van der Waals surface area contributed by atoms with Crippen LogP contribution in [-0.2, 0) is 19.1 Å². The van der Waals surface area contributed by atoms with Crippen molar-refractivity contribution in [2.45, 2.75) is 37.4 Å². The van der Waals surface area contributed by atoms with E-state index in [2.05, 4.69) is 0 Å². The lowest BCUT2D eigenvalue weighted by atomic mass is 9.82. The molecule has 8 nitrogen and oxygen atoms in total. The second kappa shape index (κ2) is 6.12. The van der Waals surface area contributed by atoms with Crippen LogP contribution in [0.15, 0.2) is 11.6 Å². The number of hydrogen-bond donors (Lipinski definition) is 4. The quantitative estimate of drug-likeness (QED) is 0.330. The number of rotatable bonds is 3. The third-order valence-electron chi connectivity index (χ3n) is 3.61. The molecular weight excluding hydrogens is 284 g/mol. The topological polar surface area (TPSA) is 141 Å². The Bertz CT molecular complexity index is 540. The Kier molecular flexibility index (Phi) is 4.22. The van der Waals surface area contributed by atoms with Crippen LogP contribution in [0.2, 0.25) is 0 Å². The first kappa shape index (κ1) is 14.5. The zero-order chi connectivity index (χ0) is 16.7. The highest BCUT2D eigenvalue weighted by Crippen LogP contribution is 2.31. The first-order valence-corrected chi connectivity index (χ1v) is 6.35. The summed E-state index contributed by atoms with van der Waals surface area (Å²) in [6.45, 7) is -0.721. The van der Waals surface area contributed by atoms with Crippen LogP contribution in [0.4, 0.5) is 0 Å². The van der Waals surface area contributed by atoms with Crippen molar-refractivity contribution in [1.29, 1.82) is 0 Å². The van der Waals surface area contributed by atoms with Crippen molar-refractivity contribution in [3.8, 4) is 0 Å². The van der Waals surface area contributed by atoms with E-state index < -0.39 is 67.3 Å². The van der Waals surface area contributed by atoms with Crippen molar-refractivity contribution in [3.63, 3.8) is 0 Å². The molecule has 0 aromatic rings. The Morgan fingerprint density at radius 2 is 1.86 bits per heavy atom. The molecule has 116 valence electrons. The van der Waals surface area contributed by atoms with Gasteiger partial charge in [0.25, 0.3) is 0 Å². The van der Waals surface area contributed by atoms with Gasteiger partial charge in [0.15, 0.2) is 12.0 Å². The molecule has 0 radical (unpaired) electrons. The lowest BCUT2D eigenvalue weighted by molar-refractivity contribution is -0.269. The molecule has 4 N–H and O–H groups in total. The van der Waals surface area contributed by atoms with E-state index in [0.717, 1.165) is 6.08 Å². The van der Waals surface area contributed by atoms with Crippen LogP contribution in [0.5, 0.6) is 0 Å². The molecule has 1 unspecified atom stereocenters. The number of carbonyl (C=O) groups excluding carboxylic acids is 3. The van der Waals surface area contributed by atoms with Crippen LogP contribution in [0, 0.1) is 5.92 Å². The summed E-state index contributed by atoms with van der Waals surface area (Å²) in [4.78, 5) is 34.2. The smallest absolute Gasteiger partial charge is 0.222 e. The van der Waals surface area contributed by atoms with Crippen molar-refractivity contribution in [2.24, 2.45) is 5.92 Å². The van der Waals surface area contributed by atoms with E-state index in [1.54, 1.807) is 0 Å². The van der Waals surface area contributed by atoms with E-state index in [1.165, 1.54) is 0 Å². The first-order chi connectivity index (χ1) is 10.2. The van der Waals surface area contributed by atoms with E-state index >= 15 is 0 Å². The molecule has 1 heterocycles. The van der Waals surface area contributed by atoms with Gasteiger partial charge < -0.3 is 25.2 Å². The van der Waals surface area contributed by atoms with E-state index in [-0.39, 0.29) is 5.57 Å². The number of allylic oxidation sites excluding steroid dienone is 2. The highest BCUT2D eigenvalue weighted by Gasteiger charge is 2.44. The third-order valence-corrected chi connectivity index (χ3v) is 3.61. The minimum absolute atomic E-state index is 0.127. The molecule has 0 bridgehead atoms. The number of ether oxygens (including phenoxy) is 1. The van der Waals surface area contributed by atoms with Crippen LogP contribution in [0.1, 0.15) is 14.2 Å². The van der Waals surface area contributed by atoms with E-state index in [0.29, 0.717) is 0 Å². The molecule has 2 rings (SSSR count). The zero-order valence-corrected chi connectivity index (χ0v) is 10.9. The summed E-state index contributed by atoms with van der Waals surface area (Å²) in [6.07, 6.45) is -7.47. The average Bonchev–Trinajstić information content (AvgIpc) is 2.44. The standard InChI is InChI=1S/C13H16O8/c14-4-10-12(19)11(18)6(13(20)21-10)1-5-2-8(16)9(17)3-7(5)15/h2,6,10-14,18-20H,1,3-4H2/t6-,10-,11-,12+,13?/m1/s1/i13D. The molecule has 0 spiro atoms. The van der Waals surface area contributed by atoms with Gasteiger partial charge in [0, 0.05) is 11.5 Å². The Labute approximate surface area is 121 Å². The molecule has 2 aliphatic rings. The van der Waals surface area contributed by atoms with Gasteiger partial charge in [0.2, 0.25) is 11.6 Å². The highest BCUT2D eigenvalue weighted by molar-refractivity contribution is 6.48. The van der Waals surface area contributed by atoms with Crippen molar-refractivity contribution in [1.82, 2.24) is 0 Å². The lowest BCUT2D eigenvalue weighted by Gasteiger charge is -2.40. The van der Waals surface area contributed by atoms with Gasteiger partial charge in [-0.25, -0.2) is 0 Å². The molecule has 21 heavy (non-hydrogen) atoms. The number of aliphatic hydroxyl groups is 4. The van der Waals surface area contributed by atoms with Crippen molar-refractivity contribution in [3.05, 3.63) is 11.6 Å². The minimum atomic E-state index is -2.67. The van der Waals surface area contributed by atoms with Gasteiger partial charge in [-0.3, -0.25) is 14.4 Å². The van der Waals surface area contributed by atoms with Gasteiger partial charge >= 0.3 is 0 Å². The molecule has 0 aromatic carbocycles. The molecule has 1 aliphatic heterocycles. The summed E-state index contributed by atoms with van der Waals surface area (Å²) in [6, 6.07) is 0. The average molecular weight is 301 g/mol. The second-order valence-electron chi connectivity index (χ2n) is 5.03.